The fraction of sp³-hybridized carbons (Fsp3) is 0.0769. The number of carbonyl (C=O) groups is 1. The smallest absolute Gasteiger partial charge is 0.319 e. The number of nitrogens with one attached hydrogen (secondary N) is 2. The summed E-state index contributed by atoms with van der Waals surface area (Å²) in [5.74, 6) is 0. The van der Waals surface area contributed by atoms with Crippen molar-refractivity contribution < 1.29 is 4.79 Å². The third-order valence-corrected chi connectivity index (χ3v) is 3.95. The van der Waals surface area contributed by atoms with E-state index in [0.29, 0.717) is 17.8 Å². The van der Waals surface area contributed by atoms with Crippen LogP contribution in [0.3, 0.4) is 0 Å². The number of benzene rings is 1. The molecular formula is C13H10BrN3OS. The molecule has 1 heterocycles. The Bertz CT molecular complexity index is 616. The average Bonchev–Trinajstić information content (AvgIpc) is 2.83. The number of hydrogen-bond donors (Lipinski definition) is 2. The van der Waals surface area contributed by atoms with Crippen molar-refractivity contribution in [1.29, 1.82) is 5.26 Å². The topological polar surface area (TPSA) is 64.9 Å². The number of anilines is 1. The number of thiophene rings is 1. The molecule has 0 radical (unpaired) electrons. The zero-order valence-electron chi connectivity index (χ0n) is 9.81. The second kappa shape index (κ2) is 6.36. The molecule has 0 aliphatic rings. The summed E-state index contributed by atoms with van der Waals surface area (Å²) < 4.78 is 1.04. The van der Waals surface area contributed by atoms with Gasteiger partial charge in [0.15, 0.2) is 0 Å². The highest BCUT2D eigenvalue weighted by atomic mass is 79.9. The molecule has 2 amide bonds. The Balaban J connectivity index is 1.85. The lowest BCUT2D eigenvalue weighted by atomic mass is 10.2. The van der Waals surface area contributed by atoms with Crippen LogP contribution in [-0.4, -0.2) is 6.03 Å². The molecule has 2 N–H and O–H groups in total. The van der Waals surface area contributed by atoms with Crippen LogP contribution in [0.25, 0.3) is 0 Å². The van der Waals surface area contributed by atoms with E-state index >= 15 is 0 Å². The van der Waals surface area contributed by atoms with Gasteiger partial charge >= 0.3 is 6.03 Å². The summed E-state index contributed by atoms with van der Waals surface area (Å²) in [7, 11) is 0. The SMILES string of the molecule is N#Cc1ccc(NC(=O)NCc2ccc(Br)s2)cc1. The molecule has 6 heteroatoms. The molecule has 1 aromatic heterocycles. The minimum absolute atomic E-state index is 0.269. The molecule has 0 fully saturated rings. The van der Waals surface area contributed by atoms with Gasteiger partial charge < -0.3 is 10.6 Å². The summed E-state index contributed by atoms with van der Waals surface area (Å²) in [5, 5.41) is 14.1. The predicted molar refractivity (Wildman–Crippen MR) is 79.0 cm³/mol. The Labute approximate surface area is 123 Å². The molecule has 0 bridgehead atoms. The molecule has 96 valence electrons. The van der Waals surface area contributed by atoms with Gasteiger partial charge in [-0.1, -0.05) is 0 Å². The monoisotopic (exact) mass is 335 g/mol. The van der Waals surface area contributed by atoms with Crippen LogP contribution in [0.5, 0.6) is 0 Å². The van der Waals surface area contributed by atoms with Crippen molar-refractivity contribution in [2.45, 2.75) is 6.54 Å². The van der Waals surface area contributed by atoms with Crippen LogP contribution in [0.4, 0.5) is 10.5 Å². The minimum atomic E-state index is -0.269. The molecule has 1 aromatic carbocycles. The van der Waals surface area contributed by atoms with Crippen molar-refractivity contribution in [3.8, 4) is 6.07 Å². The Hall–Kier alpha value is -1.84. The van der Waals surface area contributed by atoms with E-state index < -0.39 is 0 Å². The number of amides is 2. The second-order valence-corrected chi connectivity index (χ2v) is 6.25. The van der Waals surface area contributed by atoms with Gasteiger partial charge in [-0.3, -0.25) is 0 Å². The lowest BCUT2D eigenvalue weighted by molar-refractivity contribution is 0.252. The van der Waals surface area contributed by atoms with Crippen LogP contribution in [0.15, 0.2) is 40.2 Å². The average molecular weight is 336 g/mol. The van der Waals surface area contributed by atoms with Crippen LogP contribution >= 0.6 is 27.3 Å². The van der Waals surface area contributed by atoms with Gasteiger partial charge in [-0.2, -0.15) is 5.26 Å². The molecule has 0 saturated heterocycles. The molecular weight excluding hydrogens is 326 g/mol. The van der Waals surface area contributed by atoms with Gasteiger partial charge in [-0.15, -0.1) is 11.3 Å². The third kappa shape index (κ3) is 4.09. The van der Waals surface area contributed by atoms with Crippen molar-refractivity contribution in [2.24, 2.45) is 0 Å². The minimum Gasteiger partial charge on any atom is -0.333 e. The van der Waals surface area contributed by atoms with Crippen LogP contribution < -0.4 is 10.6 Å². The molecule has 2 rings (SSSR count). The van der Waals surface area contributed by atoms with Crippen molar-refractivity contribution in [3.63, 3.8) is 0 Å². The highest BCUT2D eigenvalue weighted by Crippen LogP contribution is 2.21. The molecule has 4 nitrogen and oxygen atoms in total. The lowest BCUT2D eigenvalue weighted by Gasteiger charge is -2.06. The first-order valence-electron chi connectivity index (χ1n) is 5.46. The van der Waals surface area contributed by atoms with Crippen LogP contribution in [0.2, 0.25) is 0 Å². The lowest BCUT2D eigenvalue weighted by Crippen LogP contribution is -2.27. The first kappa shape index (κ1) is 13.6. The Morgan fingerprint density at radius 2 is 2.00 bits per heavy atom. The number of urea groups is 1. The number of nitriles is 1. The fourth-order valence-electron chi connectivity index (χ4n) is 1.42. The zero-order chi connectivity index (χ0) is 13.7. The highest BCUT2D eigenvalue weighted by molar-refractivity contribution is 9.11. The van der Waals surface area contributed by atoms with Crippen molar-refractivity contribution in [2.75, 3.05) is 5.32 Å². The summed E-state index contributed by atoms with van der Waals surface area (Å²) in [6.07, 6.45) is 0. The first-order chi connectivity index (χ1) is 9.17. The molecule has 2 aromatic rings. The van der Waals surface area contributed by atoms with Gasteiger partial charge in [0.25, 0.3) is 0 Å². The van der Waals surface area contributed by atoms with Crippen molar-refractivity contribution >= 4 is 39.0 Å². The molecule has 0 aliphatic heterocycles. The van der Waals surface area contributed by atoms with E-state index in [9.17, 15) is 4.79 Å². The normalized spacial score (nSPS) is 9.68. The standard InChI is InChI=1S/C13H10BrN3OS/c14-12-6-5-11(19-12)8-16-13(18)17-10-3-1-9(7-15)2-4-10/h1-6H,8H2,(H2,16,17,18). The summed E-state index contributed by atoms with van der Waals surface area (Å²) in [6, 6.07) is 12.4. The second-order valence-electron chi connectivity index (χ2n) is 3.70. The number of nitrogens with zero attached hydrogens (tertiary/aromatic N) is 1. The first-order valence-corrected chi connectivity index (χ1v) is 7.07. The summed E-state index contributed by atoms with van der Waals surface area (Å²) >= 11 is 4.95. The van der Waals surface area contributed by atoms with Gasteiger partial charge in [-0.05, 0) is 52.3 Å². The Morgan fingerprint density at radius 1 is 1.26 bits per heavy atom. The van der Waals surface area contributed by atoms with E-state index in [4.69, 9.17) is 5.26 Å². The molecule has 19 heavy (non-hydrogen) atoms. The maximum absolute atomic E-state index is 11.7. The third-order valence-electron chi connectivity index (χ3n) is 2.32. The summed E-state index contributed by atoms with van der Waals surface area (Å²) in [6.45, 7) is 0.485. The maximum atomic E-state index is 11.7. The zero-order valence-corrected chi connectivity index (χ0v) is 12.2. The van der Waals surface area contributed by atoms with E-state index in [0.717, 1.165) is 8.66 Å². The predicted octanol–water partition coefficient (Wildman–Crippen LogP) is 3.70. The largest absolute Gasteiger partial charge is 0.333 e. The van der Waals surface area contributed by atoms with Crippen LogP contribution in [0.1, 0.15) is 10.4 Å². The number of carbonyl (C=O) groups excluding carboxylic acids is 1. The number of hydrogen-bond acceptors (Lipinski definition) is 3. The van der Waals surface area contributed by atoms with E-state index in [-0.39, 0.29) is 6.03 Å². The molecule has 0 unspecified atom stereocenters. The summed E-state index contributed by atoms with van der Waals surface area (Å²) in [5.41, 5.74) is 1.22. The number of rotatable bonds is 3. The van der Waals surface area contributed by atoms with Crippen LogP contribution in [-0.2, 0) is 6.54 Å². The van der Waals surface area contributed by atoms with Gasteiger partial charge in [-0.25, -0.2) is 4.79 Å². The van der Waals surface area contributed by atoms with Crippen molar-refractivity contribution in [3.05, 3.63) is 50.6 Å². The van der Waals surface area contributed by atoms with Gasteiger partial charge in [0.1, 0.15) is 0 Å². The van der Waals surface area contributed by atoms with Gasteiger partial charge in [0.2, 0.25) is 0 Å². The maximum Gasteiger partial charge on any atom is 0.319 e. The highest BCUT2D eigenvalue weighted by Gasteiger charge is 2.03. The van der Waals surface area contributed by atoms with E-state index in [1.807, 2.05) is 18.2 Å². The number of halogens is 1. The van der Waals surface area contributed by atoms with Crippen LogP contribution in [0, 0.1) is 11.3 Å². The molecule has 0 atom stereocenters. The molecule has 0 saturated carbocycles. The van der Waals surface area contributed by atoms with E-state index in [2.05, 4.69) is 26.6 Å². The quantitative estimate of drug-likeness (QED) is 0.897. The Kier molecular flexibility index (Phi) is 4.55. The van der Waals surface area contributed by atoms with E-state index in [1.165, 1.54) is 0 Å². The van der Waals surface area contributed by atoms with E-state index in [1.54, 1.807) is 35.6 Å². The van der Waals surface area contributed by atoms with Crippen molar-refractivity contribution in [1.82, 2.24) is 5.32 Å². The molecule has 0 aliphatic carbocycles. The Morgan fingerprint density at radius 3 is 2.58 bits per heavy atom. The summed E-state index contributed by atoms with van der Waals surface area (Å²) in [4.78, 5) is 12.7. The fourth-order valence-corrected chi connectivity index (χ4v) is 2.84. The van der Waals surface area contributed by atoms with Gasteiger partial charge in [0, 0.05) is 10.6 Å². The molecule has 0 spiro atoms. The van der Waals surface area contributed by atoms with Gasteiger partial charge in [0.05, 0.1) is 22.0 Å².